The van der Waals surface area contributed by atoms with E-state index in [1.54, 1.807) is 12.1 Å². The van der Waals surface area contributed by atoms with Gasteiger partial charge in [0.15, 0.2) is 0 Å². The summed E-state index contributed by atoms with van der Waals surface area (Å²) in [7, 11) is 0. The summed E-state index contributed by atoms with van der Waals surface area (Å²) in [6, 6.07) is 5.43. The molecule has 2 unspecified atom stereocenters. The largest absolute Gasteiger partial charge is 0.325 e. The number of benzene rings is 1. The van der Waals surface area contributed by atoms with Crippen molar-refractivity contribution in [1.29, 1.82) is 0 Å². The molecule has 4 heteroatoms. The summed E-state index contributed by atoms with van der Waals surface area (Å²) in [6.07, 6.45) is 3.74. The third kappa shape index (κ3) is 2.11. The van der Waals surface area contributed by atoms with Crippen molar-refractivity contribution in [2.45, 2.75) is 19.3 Å². The summed E-state index contributed by atoms with van der Waals surface area (Å²) in [5, 5.41) is 3.61. The van der Waals surface area contributed by atoms with Gasteiger partial charge in [0.2, 0.25) is 5.91 Å². The van der Waals surface area contributed by atoms with Gasteiger partial charge in [0.05, 0.1) is 5.69 Å². The van der Waals surface area contributed by atoms with Gasteiger partial charge in [-0.15, -0.1) is 0 Å². The molecule has 2 aliphatic carbocycles. The van der Waals surface area contributed by atoms with Crippen LogP contribution in [-0.2, 0) is 4.79 Å². The molecule has 0 spiro atoms. The van der Waals surface area contributed by atoms with Crippen molar-refractivity contribution in [3.05, 3.63) is 27.7 Å². The molecule has 0 aliphatic heterocycles. The average molecular weight is 315 g/mol. The molecular formula is C13H13BrClNO. The summed E-state index contributed by atoms with van der Waals surface area (Å²) in [5.74, 6) is 1.69. The first kappa shape index (κ1) is 11.5. The summed E-state index contributed by atoms with van der Waals surface area (Å²) in [6.45, 7) is 0. The van der Waals surface area contributed by atoms with E-state index >= 15 is 0 Å². The fraction of sp³-hybridized carbons (Fsp3) is 0.462. The number of nitrogens with one attached hydrogen (secondary N) is 1. The molecule has 2 nitrogen and oxygen atoms in total. The molecule has 1 amide bonds. The second-order valence-electron chi connectivity index (χ2n) is 4.90. The highest BCUT2D eigenvalue weighted by molar-refractivity contribution is 9.10. The van der Waals surface area contributed by atoms with Crippen LogP contribution in [0.5, 0.6) is 0 Å². The number of carbonyl (C=O) groups excluding carboxylic acids is 1. The zero-order valence-electron chi connectivity index (χ0n) is 9.25. The monoisotopic (exact) mass is 313 g/mol. The Morgan fingerprint density at radius 2 is 2.06 bits per heavy atom. The van der Waals surface area contributed by atoms with Crippen molar-refractivity contribution >= 4 is 39.1 Å². The van der Waals surface area contributed by atoms with Crippen LogP contribution in [0.4, 0.5) is 5.69 Å². The lowest BCUT2D eigenvalue weighted by atomic mass is 10.1. The maximum Gasteiger partial charge on any atom is 0.228 e. The summed E-state index contributed by atoms with van der Waals surface area (Å²) in [4.78, 5) is 12.1. The maximum atomic E-state index is 12.1. The Morgan fingerprint density at radius 1 is 1.35 bits per heavy atom. The number of amides is 1. The van der Waals surface area contributed by atoms with Crippen molar-refractivity contribution in [2.24, 2.45) is 17.8 Å². The molecule has 1 aromatic rings. The quantitative estimate of drug-likeness (QED) is 0.875. The van der Waals surface area contributed by atoms with Gasteiger partial charge >= 0.3 is 0 Å². The first-order valence-electron chi connectivity index (χ1n) is 5.93. The van der Waals surface area contributed by atoms with Crippen LogP contribution < -0.4 is 5.32 Å². The molecule has 2 aliphatic rings. The van der Waals surface area contributed by atoms with Gasteiger partial charge in [-0.25, -0.2) is 0 Å². The molecule has 1 N–H and O–H groups in total. The maximum absolute atomic E-state index is 12.1. The smallest absolute Gasteiger partial charge is 0.228 e. The van der Waals surface area contributed by atoms with Crippen molar-refractivity contribution < 1.29 is 4.79 Å². The highest BCUT2D eigenvalue weighted by atomic mass is 79.9. The molecule has 1 aromatic carbocycles. The number of anilines is 1. The van der Waals surface area contributed by atoms with Crippen molar-refractivity contribution in [3.8, 4) is 0 Å². The first-order chi connectivity index (χ1) is 8.16. The summed E-state index contributed by atoms with van der Waals surface area (Å²) < 4.78 is 0.876. The fourth-order valence-corrected chi connectivity index (χ4v) is 3.54. The van der Waals surface area contributed by atoms with Crippen LogP contribution in [0.3, 0.4) is 0 Å². The molecular weight excluding hydrogens is 302 g/mol. The zero-order valence-corrected chi connectivity index (χ0v) is 11.6. The van der Waals surface area contributed by atoms with Gasteiger partial charge in [0.1, 0.15) is 0 Å². The van der Waals surface area contributed by atoms with E-state index in [1.165, 1.54) is 19.3 Å². The first-order valence-corrected chi connectivity index (χ1v) is 7.10. The van der Waals surface area contributed by atoms with E-state index in [2.05, 4.69) is 21.2 Å². The summed E-state index contributed by atoms with van der Waals surface area (Å²) >= 11 is 9.34. The Hall–Kier alpha value is -0.540. The van der Waals surface area contributed by atoms with Crippen molar-refractivity contribution in [1.82, 2.24) is 0 Å². The van der Waals surface area contributed by atoms with Gasteiger partial charge in [0.25, 0.3) is 0 Å². The van der Waals surface area contributed by atoms with E-state index in [-0.39, 0.29) is 11.8 Å². The molecule has 0 saturated heterocycles. The molecule has 0 heterocycles. The number of hydrogen-bond acceptors (Lipinski definition) is 1. The number of halogens is 2. The van der Waals surface area contributed by atoms with E-state index in [4.69, 9.17) is 11.6 Å². The van der Waals surface area contributed by atoms with E-state index < -0.39 is 0 Å². The minimum atomic E-state index is 0.155. The van der Waals surface area contributed by atoms with Crippen LogP contribution in [0.1, 0.15) is 19.3 Å². The SMILES string of the molecule is O=C(Nc1cc(Cl)ccc1Br)C1C2CCCC21. The third-order valence-corrected chi connectivity index (χ3v) is 4.82. The van der Waals surface area contributed by atoms with Crippen molar-refractivity contribution in [3.63, 3.8) is 0 Å². The molecule has 2 saturated carbocycles. The molecule has 17 heavy (non-hydrogen) atoms. The Bertz CT molecular complexity index is 466. The van der Waals surface area contributed by atoms with Gasteiger partial charge < -0.3 is 5.32 Å². The topological polar surface area (TPSA) is 29.1 Å². The van der Waals surface area contributed by atoms with Crippen molar-refractivity contribution in [2.75, 3.05) is 5.32 Å². The second-order valence-corrected chi connectivity index (χ2v) is 6.19. The Morgan fingerprint density at radius 3 is 2.76 bits per heavy atom. The summed E-state index contributed by atoms with van der Waals surface area (Å²) in [5.41, 5.74) is 0.771. The molecule has 0 aromatic heterocycles. The Kier molecular flexibility index (Phi) is 2.91. The third-order valence-electron chi connectivity index (χ3n) is 3.90. The average Bonchev–Trinajstić information content (AvgIpc) is 2.78. The van der Waals surface area contributed by atoms with Gasteiger partial charge in [-0.3, -0.25) is 4.79 Å². The molecule has 2 fully saturated rings. The highest BCUT2D eigenvalue weighted by Gasteiger charge is 2.56. The number of hydrogen-bond donors (Lipinski definition) is 1. The van der Waals surface area contributed by atoms with Crippen LogP contribution in [0.2, 0.25) is 5.02 Å². The van der Waals surface area contributed by atoms with Gasteiger partial charge in [-0.05, 0) is 58.8 Å². The fourth-order valence-electron chi connectivity index (χ4n) is 3.02. The van der Waals surface area contributed by atoms with Gasteiger partial charge in [-0.1, -0.05) is 18.0 Å². The lowest BCUT2D eigenvalue weighted by molar-refractivity contribution is -0.118. The predicted octanol–water partition coefficient (Wildman–Crippen LogP) is 4.09. The van der Waals surface area contributed by atoms with Crippen LogP contribution >= 0.6 is 27.5 Å². The van der Waals surface area contributed by atoms with Crippen LogP contribution in [-0.4, -0.2) is 5.91 Å². The van der Waals surface area contributed by atoms with Crippen LogP contribution in [0, 0.1) is 17.8 Å². The van der Waals surface area contributed by atoms with E-state index in [9.17, 15) is 4.79 Å². The number of carbonyl (C=O) groups is 1. The second kappa shape index (κ2) is 4.29. The van der Waals surface area contributed by atoms with Gasteiger partial charge in [0, 0.05) is 15.4 Å². The normalized spacial score (nSPS) is 29.9. The Balaban J connectivity index is 1.71. The Labute approximate surface area is 114 Å². The molecule has 0 bridgehead atoms. The predicted molar refractivity (Wildman–Crippen MR) is 72.1 cm³/mol. The molecule has 0 radical (unpaired) electrons. The lowest BCUT2D eigenvalue weighted by Crippen LogP contribution is -2.16. The molecule has 3 rings (SSSR count). The van der Waals surface area contributed by atoms with Crippen LogP contribution in [0.25, 0.3) is 0 Å². The van der Waals surface area contributed by atoms with Crippen LogP contribution in [0.15, 0.2) is 22.7 Å². The van der Waals surface area contributed by atoms with E-state index in [1.807, 2.05) is 6.07 Å². The lowest BCUT2D eigenvalue weighted by Gasteiger charge is -2.08. The standard InChI is InChI=1S/C13H13BrClNO/c14-10-5-4-7(15)6-11(10)16-13(17)12-8-2-1-3-9(8)12/h4-6,8-9,12H,1-3H2,(H,16,17). The number of rotatable bonds is 2. The van der Waals surface area contributed by atoms with E-state index in [0.717, 1.165) is 10.2 Å². The minimum absolute atomic E-state index is 0.155. The zero-order chi connectivity index (χ0) is 12.0. The minimum Gasteiger partial charge on any atom is -0.325 e. The van der Waals surface area contributed by atoms with Gasteiger partial charge in [-0.2, -0.15) is 0 Å². The number of fused-ring (bicyclic) bond motifs is 1. The molecule has 2 atom stereocenters. The van der Waals surface area contributed by atoms with E-state index in [0.29, 0.717) is 16.9 Å². The highest BCUT2D eigenvalue weighted by Crippen LogP contribution is 2.57. The molecule has 90 valence electrons.